The summed E-state index contributed by atoms with van der Waals surface area (Å²) < 4.78 is 0. The normalized spacial score (nSPS) is 17.7. The Balaban J connectivity index is 1.39. The number of rotatable bonds is 4. The van der Waals surface area contributed by atoms with Gasteiger partial charge in [-0.15, -0.1) is 0 Å². The molecule has 1 aliphatic heterocycles. The lowest BCUT2D eigenvalue weighted by molar-refractivity contribution is 0.0746. The van der Waals surface area contributed by atoms with Crippen LogP contribution in [0.4, 0.5) is 11.5 Å². The fourth-order valence-corrected chi connectivity index (χ4v) is 3.07. The van der Waals surface area contributed by atoms with E-state index in [1.54, 1.807) is 6.20 Å². The van der Waals surface area contributed by atoms with E-state index >= 15 is 0 Å². The highest BCUT2D eigenvalue weighted by molar-refractivity contribution is 5.95. The quantitative estimate of drug-likeness (QED) is 0.940. The molecule has 5 nitrogen and oxygen atoms in total. The third kappa shape index (κ3) is 3.35. The van der Waals surface area contributed by atoms with Crippen LogP contribution < -0.4 is 10.2 Å². The first-order valence-electron chi connectivity index (χ1n) is 8.61. The second-order valence-electron chi connectivity index (χ2n) is 6.46. The summed E-state index contributed by atoms with van der Waals surface area (Å²) in [6.45, 7) is 3.24. The highest BCUT2D eigenvalue weighted by Gasteiger charge is 2.24. The summed E-state index contributed by atoms with van der Waals surface area (Å²) in [5, 5.41) is 3.35. The Morgan fingerprint density at radius 1 is 1.04 bits per heavy atom. The molecular weight excluding hydrogens is 300 g/mol. The Bertz CT molecular complexity index is 706. The number of piperazine rings is 1. The number of nitrogens with one attached hydrogen (secondary N) is 1. The van der Waals surface area contributed by atoms with E-state index in [4.69, 9.17) is 0 Å². The van der Waals surface area contributed by atoms with Crippen LogP contribution in [0.15, 0.2) is 48.7 Å². The van der Waals surface area contributed by atoms with E-state index in [1.807, 2.05) is 23.1 Å². The smallest absolute Gasteiger partial charge is 0.254 e. The second kappa shape index (κ2) is 6.51. The van der Waals surface area contributed by atoms with Gasteiger partial charge >= 0.3 is 0 Å². The number of para-hydroxylation sites is 1. The van der Waals surface area contributed by atoms with Crippen molar-refractivity contribution in [1.29, 1.82) is 0 Å². The van der Waals surface area contributed by atoms with Crippen molar-refractivity contribution in [2.24, 2.45) is 0 Å². The maximum Gasteiger partial charge on any atom is 0.254 e. The summed E-state index contributed by atoms with van der Waals surface area (Å²) >= 11 is 0. The average Bonchev–Trinajstić information content (AvgIpc) is 3.46. The minimum atomic E-state index is 0.101. The number of anilines is 2. The van der Waals surface area contributed by atoms with Gasteiger partial charge in [0, 0.05) is 49.7 Å². The summed E-state index contributed by atoms with van der Waals surface area (Å²) in [5.41, 5.74) is 1.95. The van der Waals surface area contributed by atoms with Crippen molar-refractivity contribution in [3.63, 3.8) is 0 Å². The molecule has 1 saturated heterocycles. The predicted octanol–water partition coefficient (Wildman–Crippen LogP) is 2.62. The zero-order valence-corrected chi connectivity index (χ0v) is 13.7. The molecule has 0 unspecified atom stereocenters. The highest BCUT2D eigenvalue weighted by atomic mass is 16.2. The molecule has 0 radical (unpaired) electrons. The van der Waals surface area contributed by atoms with Crippen molar-refractivity contribution in [3.05, 3.63) is 54.2 Å². The Labute approximate surface area is 142 Å². The van der Waals surface area contributed by atoms with Crippen LogP contribution in [-0.4, -0.2) is 48.0 Å². The minimum absolute atomic E-state index is 0.101. The Morgan fingerprint density at radius 3 is 2.50 bits per heavy atom. The maximum atomic E-state index is 12.7. The van der Waals surface area contributed by atoms with Gasteiger partial charge < -0.3 is 15.1 Å². The van der Waals surface area contributed by atoms with Crippen LogP contribution in [0.3, 0.4) is 0 Å². The molecule has 1 aromatic carbocycles. The zero-order valence-electron chi connectivity index (χ0n) is 13.7. The summed E-state index contributed by atoms with van der Waals surface area (Å²) in [6.07, 6.45) is 4.11. The first kappa shape index (κ1) is 15.0. The molecule has 1 aliphatic carbocycles. The zero-order chi connectivity index (χ0) is 16.4. The van der Waals surface area contributed by atoms with Crippen molar-refractivity contribution in [2.45, 2.75) is 18.9 Å². The molecule has 4 rings (SSSR count). The number of aromatic nitrogens is 1. The standard InChI is InChI=1S/C19H22N4O/c24-19(15-8-9-20-18(14-15)21-16-6-7-16)23-12-10-22(11-13-23)17-4-2-1-3-5-17/h1-5,8-9,14,16H,6-7,10-13H2,(H,20,21). The first-order chi connectivity index (χ1) is 11.8. The molecule has 1 saturated carbocycles. The summed E-state index contributed by atoms with van der Waals surface area (Å²) in [4.78, 5) is 21.3. The molecule has 5 heteroatoms. The van der Waals surface area contributed by atoms with Crippen molar-refractivity contribution in [1.82, 2.24) is 9.88 Å². The van der Waals surface area contributed by atoms with Gasteiger partial charge in [0.25, 0.3) is 5.91 Å². The van der Waals surface area contributed by atoms with Gasteiger partial charge in [-0.1, -0.05) is 18.2 Å². The summed E-state index contributed by atoms with van der Waals surface area (Å²) in [7, 11) is 0. The van der Waals surface area contributed by atoms with E-state index in [0.717, 1.165) is 37.6 Å². The van der Waals surface area contributed by atoms with Gasteiger partial charge in [0.05, 0.1) is 0 Å². The van der Waals surface area contributed by atoms with Gasteiger partial charge in [0.1, 0.15) is 5.82 Å². The number of hydrogen-bond acceptors (Lipinski definition) is 4. The van der Waals surface area contributed by atoms with Crippen molar-refractivity contribution >= 4 is 17.4 Å². The van der Waals surface area contributed by atoms with E-state index in [-0.39, 0.29) is 5.91 Å². The van der Waals surface area contributed by atoms with Gasteiger partial charge in [0.2, 0.25) is 0 Å². The Morgan fingerprint density at radius 2 is 1.79 bits per heavy atom. The lowest BCUT2D eigenvalue weighted by atomic mass is 10.2. The van der Waals surface area contributed by atoms with Crippen molar-refractivity contribution in [2.75, 3.05) is 36.4 Å². The molecule has 2 heterocycles. The summed E-state index contributed by atoms with van der Waals surface area (Å²) in [5.74, 6) is 0.912. The molecule has 2 aliphatic rings. The first-order valence-corrected chi connectivity index (χ1v) is 8.61. The SMILES string of the molecule is O=C(c1ccnc(NC2CC2)c1)N1CCN(c2ccccc2)CC1. The third-order valence-corrected chi connectivity index (χ3v) is 4.62. The number of benzene rings is 1. The molecule has 0 bridgehead atoms. The third-order valence-electron chi connectivity index (χ3n) is 4.62. The molecule has 24 heavy (non-hydrogen) atoms. The largest absolute Gasteiger partial charge is 0.368 e. The van der Waals surface area contributed by atoms with E-state index in [1.165, 1.54) is 18.5 Å². The maximum absolute atomic E-state index is 12.7. The monoisotopic (exact) mass is 322 g/mol. The van der Waals surface area contributed by atoms with Crippen molar-refractivity contribution in [3.8, 4) is 0 Å². The van der Waals surface area contributed by atoms with Crippen LogP contribution in [0.5, 0.6) is 0 Å². The number of pyridine rings is 1. The van der Waals surface area contributed by atoms with E-state index in [2.05, 4.69) is 39.5 Å². The van der Waals surface area contributed by atoms with Crippen LogP contribution in [0, 0.1) is 0 Å². The highest BCUT2D eigenvalue weighted by Crippen LogP contribution is 2.24. The second-order valence-corrected chi connectivity index (χ2v) is 6.46. The molecule has 1 aromatic heterocycles. The van der Waals surface area contributed by atoms with E-state index in [0.29, 0.717) is 6.04 Å². The van der Waals surface area contributed by atoms with Gasteiger partial charge in [0.15, 0.2) is 0 Å². The van der Waals surface area contributed by atoms with Crippen molar-refractivity contribution < 1.29 is 4.79 Å². The van der Waals surface area contributed by atoms with E-state index in [9.17, 15) is 4.79 Å². The Kier molecular flexibility index (Phi) is 4.07. The Hall–Kier alpha value is -2.56. The fraction of sp³-hybridized carbons (Fsp3) is 0.368. The minimum Gasteiger partial charge on any atom is -0.368 e. The van der Waals surface area contributed by atoms with Crippen LogP contribution in [0.2, 0.25) is 0 Å². The topological polar surface area (TPSA) is 48.5 Å². The fourth-order valence-electron chi connectivity index (χ4n) is 3.07. The predicted molar refractivity (Wildman–Crippen MR) is 95.4 cm³/mol. The van der Waals surface area contributed by atoms with Crippen LogP contribution in [0.1, 0.15) is 23.2 Å². The molecule has 2 fully saturated rings. The molecule has 0 atom stereocenters. The van der Waals surface area contributed by atoms with Gasteiger partial charge in [-0.2, -0.15) is 0 Å². The lowest BCUT2D eigenvalue weighted by Gasteiger charge is -2.36. The number of carbonyl (C=O) groups excluding carboxylic acids is 1. The van der Waals surface area contributed by atoms with Gasteiger partial charge in [-0.3, -0.25) is 4.79 Å². The number of nitrogens with zero attached hydrogens (tertiary/aromatic N) is 3. The van der Waals surface area contributed by atoms with Crippen LogP contribution in [-0.2, 0) is 0 Å². The van der Waals surface area contributed by atoms with Crippen LogP contribution in [0.25, 0.3) is 0 Å². The van der Waals surface area contributed by atoms with Gasteiger partial charge in [-0.25, -0.2) is 4.98 Å². The molecule has 0 spiro atoms. The number of carbonyl (C=O) groups is 1. The molecule has 1 amide bonds. The number of amides is 1. The number of hydrogen-bond donors (Lipinski definition) is 1. The van der Waals surface area contributed by atoms with E-state index < -0.39 is 0 Å². The molecular formula is C19H22N4O. The molecule has 2 aromatic rings. The summed E-state index contributed by atoms with van der Waals surface area (Å²) in [6, 6.07) is 14.6. The molecule has 124 valence electrons. The van der Waals surface area contributed by atoms with Gasteiger partial charge in [-0.05, 0) is 37.1 Å². The van der Waals surface area contributed by atoms with Crippen LogP contribution >= 0.6 is 0 Å². The molecule has 1 N–H and O–H groups in total. The lowest BCUT2D eigenvalue weighted by Crippen LogP contribution is -2.48. The average molecular weight is 322 g/mol.